The fourth-order valence-corrected chi connectivity index (χ4v) is 1.51. The van der Waals surface area contributed by atoms with Gasteiger partial charge in [0.1, 0.15) is 0 Å². The second-order valence-corrected chi connectivity index (χ2v) is 3.11. The van der Waals surface area contributed by atoms with Gasteiger partial charge in [-0.3, -0.25) is 0 Å². The highest BCUT2D eigenvalue weighted by Crippen LogP contribution is 2.11. The fourth-order valence-electron chi connectivity index (χ4n) is 1.51. The van der Waals surface area contributed by atoms with E-state index in [9.17, 15) is 0 Å². The van der Waals surface area contributed by atoms with Crippen LogP contribution in [0.15, 0.2) is 30.9 Å². The van der Waals surface area contributed by atoms with E-state index in [-0.39, 0.29) is 0 Å². The van der Waals surface area contributed by atoms with Gasteiger partial charge >= 0.3 is 0 Å². The maximum atomic E-state index is 5.47. The molecule has 2 aromatic heterocycles. The van der Waals surface area contributed by atoms with Crippen molar-refractivity contribution in [2.75, 3.05) is 6.54 Å². The summed E-state index contributed by atoms with van der Waals surface area (Å²) in [6.45, 7) is 0.745. The Bertz CT molecular complexity index is 392. The SMILES string of the molecule is NCCCc1cccn2cncc12. The van der Waals surface area contributed by atoms with Gasteiger partial charge in [0.15, 0.2) is 0 Å². The summed E-state index contributed by atoms with van der Waals surface area (Å²) in [4.78, 5) is 4.10. The molecule has 68 valence electrons. The first-order valence-electron chi connectivity index (χ1n) is 4.51. The largest absolute Gasteiger partial charge is 0.330 e. The molecule has 2 heterocycles. The average Bonchev–Trinajstić information content (AvgIpc) is 2.62. The van der Waals surface area contributed by atoms with Gasteiger partial charge in [0, 0.05) is 6.20 Å². The molecule has 0 saturated carbocycles. The molecule has 2 N–H and O–H groups in total. The van der Waals surface area contributed by atoms with E-state index in [1.165, 1.54) is 11.1 Å². The maximum absolute atomic E-state index is 5.47. The van der Waals surface area contributed by atoms with E-state index >= 15 is 0 Å². The van der Waals surface area contributed by atoms with Crippen molar-refractivity contribution in [3.63, 3.8) is 0 Å². The molecule has 0 aliphatic rings. The maximum Gasteiger partial charge on any atom is 0.0992 e. The third-order valence-corrected chi connectivity index (χ3v) is 2.19. The van der Waals surface area contributed by atoms with Crippen molar-refractivity contribution in [1.82, 2.24) is 9.38 Å². The van der Waals surface area contributed by atoms with Crippen molar-refractivity contribution in [1.29, 1.82) is 0 Å². The van der Waals surface area contributed by atoms with Crippen LogP contribution in [-0.2, 0) is 6.42 Å². The Morgan fingerprint density at radius 3 is 3.23 bits per heavy atom. The third-order valence-electron chi connectivity index (χ3n) is 2.19. The van der Waals surface area contributed by atoms with Crippen LogP contribution in [0.2, 0.25) is 0 Å². The van der Waals surface area contributed by atoms with Gasteiger partial charge in [-0.15, -0.1) is 0 Å². The van der Waals surface area contributed by atoms with Crippen LogP contribution in [0.3, 0.4) is 0 Å². The van der Waals surface area contributed by atoms with Crippen LogP contribution in [0, 0.1) is 0 Å². The number of aryl methyl sites for hydroxylation is 1. The monoisotopic (exact) mass is 175 g/mol. The number of rotatable bonds is 3. The summed E-state index contributed by atoms with van der Waals surface area (Å²) in [5, 5.41) is 0. The molecule has 0 spiro atoms. The van der Waals surface area contributed by atoms with E-state index in [4.69, 9.17) is 5.73 Å². The normalized spacial score (nSPS) is 10.8. The van der Waals surface area contributed by atoms with Crippen LogP contribution in [0.5, 0.6) is 0 Å². The van der Waals surface area contributed by atoms with Crippen molar-refractivity contribution in [2.45, 2.75) is 12.8 Å². The van der Waals surface area contributed by atoms with Crippen LogP contribution in [0.4, 0.5) is 0 Å². The zero-order chi connectivity index (χ0) is 9.10. The molecule has 0 saturated heterocycles. The molecule has 13 heavy (non-hydrogen) atoms. The Kier molecular flexibility index (Phi) is 2.27. The number of nitrogens with two attached hydrogens (primary N) is 1. The van der Waals surface area contributed by atoms with E-state index in [1.807, 2.05) is 29.2 Å². The molecule has 0 atom stereocenters. The quantitative estimate of drug-likeness (QED) is 0.762. The zero-order valence-electron chi connectivity index (χ0n) is 7.48. The number of fused-ring (bicyclic) bond motifs is 1. The highest BCUT2D eigenvalue weighted by molar-refractivity contribution is 5.52. The van der Waals surface area contributed by atoms with Gasteiger partial charge in [-0.2, -0.15) is 0 Å². The molecule has 0 aromatic carbocycles. The minimum Gasteiger partial charge on any atom is -0.330 e. The predicted octanol–water partition coefficient (Wildman–Crippen LogP) is 1.23. The molecule has 0 bridgehead atoms. The number of pyridine rings is 1. The highest BCUT2D eigenvalue weighted by atomic mass is 15.0. The number of aromatic nitrogens is 2. The first-order chi connectivity index (χ1) is 6.42. The number of imidazole rings is 1. The molecule has 2 rings (SSSR count). The summed E-state index contributed by atoms with van der Waals surface area (Å²) in [6.07, 6.45) is 7.79. The van der Waals surface area contributed by atoms with Gasteiger partial charge in [-0.05, 0) is 31.0 Å². The molecule has 0 aliphatic heterocycles. The van der Waals surface area contributed by atoms with Crippen molar-refractivity contribution in [3.8, 4) is 0 Å². The molecule has 0 amide bonds. The van der Waals surface area contributed by atoms with E-state index in [1.54, 1.807) is 0 Å². The van der Waals surface area contributed by atoms with Crippen molar-refractivity contribution < 1.29 is 0 Å². The summed E-state index contributed by atoms with van der Waals surface area (Å²) in [7, 11) is 0. The van der Waals surface area contributed by atoms with E-state index in [0.717, 1.165) is 19.4 Å². The Hall–Kier alpha value is -1.35. The van der Waals surface area contributed by atoms with Crippen LogP contribution in [0.25, 0.3) is 5.52 Å². The molecular formula is C10H13N3. The molecule has 0 unspecified atom stereocenters. The van der Waals surface area contributed by atoms with Crippen molar-refractivity contribution >= 4 is 5.52 Å². The second kappa shape index (κ2) is 3.58. The Labute approximate surface area is 77.2 Å². The lowest BCUT2D eigenvalue weighted by Crippen LogP contribution is -2.01. The number of hydrogen-bond acceptors (Lipinski definition) is 2. The van der Waals surface area contributed by atoms with Crippen molar-refractivity contribution in [2.24, 2.45) is 5.73 Å². The molecule has 0 aliphatic carbocycles. The molecule has 0 fully saturated rings. The molecule has 2 aromatic rings. The van der Waals surface area contributed by atoms with Gasteiger partial charge in [0.2, 0.25) is 0 Å². The minimum absolute atomic E-state index is 0.745. The zero-order valence-corrected chi connectivity index (χ0v) is 7.48. The summed E-state index contributed by atoms with van der Waals surface area (Å²) in [6, 6.07) is 4.17. The minimum atomic E-state index is 0.745. The molecule has 3 heteroatoms. The second-order valence-electron chi connectivity index (χ2n) is 3.11. The standard InChI is InChI=1S/C10H13N3/c11-5-1-3-9-4-2-6-13-8-12-7-10(9)13/h2,4,6-8H,1,3,5,11H2. The third kappa shape index (κ3) is 1.55. The van der Waals surface area contributed by atoms with Gasteiger partial charge in [-0.1, -0.05) is 6.07 Å². The highest BCUT2D eigenvalue weighted by Gasteiger charge is 1.99. The lowest BCUT2D eigenvalue weighted by Gasteiger charge is -2.01. The smallest absolute Gasteiger partial charge is 0.0992 e. The van der Waals surface area contributed by atoms with Gasteiger partial charge < -0.3 is 10.1 Å². The Balaban J connectivity index is 2.37. The summed E-state index contributed by atoms with van der Waals surface area (Å²) >= 11 is 0. The van der Waals surface area contributed by atoms with Gasteiger partial charge in [-0.25, -0.2) is 4.98 Å². The topological polar surface area (TPSA) is 43.3 Å². The van der Waals surface area contributed by atoms with Crippen LogP contribution >= 0.6 is 0 Å². The molecule has 0 radical (unpaired) electrons. The lowest BCUT2D eigenvalue weighted by molar-refractivity contribution is 0.833. The molecule has 3 nitrogen and oxygen atoms in total. The Morgan fingerprint density at radius 2 is 2.38 bits per heavy atom. The van der Waals surface area contributed by atoms with E-state index in [2.05, 4.69) is 11.1 Å². The van der Waals surface area contributed by atoms with Crippen LogP contribution < -0.4 is 5.73 Å². The van der Waals surface area contributed by atoms with Gasteiger partial charge in [0.05, 0.1) is 18.0 Å². The summed E-state index contributed by atoms with van der Waals surface area (Å²) < 4.78 is 2.03. The van der Waals surface area contributed by atoms with Crippen LogP contribution in [0.1, 0.15) is 12.0 Å². The first kappa shape index (κ1) is 8.26. The first-order valence-corrected chi connectivity index (χ1v) is 4.51. The predicted molar refractivity (Wildman–Crippen MR) is 52.6 cm³/mol. The summed E-state index contributed by atoms with van der Waals surface area (Å²) in [5.41, 5.74) is 7.99. The summed E-state index contributed by atoms with van der Waals surface area (Å²) in [5.74, 6) is 0. The van der Waals surface area contributed by atoms with E-state index < -0.39 is 0 Å². The van der Waals surface area contributed by atoms with Gasteiger partial charge in [0.25, 0.3) is 0 Å². The average molecular weight is 175 g/mol. The fraction of sp³-hybridized carbons (Fsp3) is 0.300. The Morgan fingerprint density at radius 1 is 1.46 bits per heavy atom. The number of hydrogen-bond donors (Lipinski definition) is 1. The van der Waals surface area contributed by atoms with E-state index in [0.29, 0.717) is 0 Å². The van der Waals surface area contributed by atoms with Crippen LogP contribution in [-0.4, -0.2) is 15.9 Å². The molecular weight excluding hydrogens is 162 g/mol. The number of nitrogens with zero attached hydrogens (tertiary/aromatic N) is 2. The lowest BCUT2D eigenvalue weighted by atomic mass is 10.1. The van der Waals surface area contributed by atoms with Crippen molar-refractivity contribution in [3.05, 3.63) is 36.4 Å².